The predicted molar refractivity (Wildman–Crippen MR) is 76.2 cm³/mol. The molecule has 2 aromatic rings. The van der Waals surface area contributed by atoms with Gasteiger partial charge in [0.25, 0.3) is 0 Å². The maximum absolute atomic E-state index is 14.0. The van der Waals surface area contributed by atoms with Crippen LogP contribution in [0.1, 0.15) is 17.2 Å². The topological polar surface area (TPSA) is 47.3 Å². The van der Waals surface area contributed by atoms with Gasteiger partial charge in [0.15, 0.2) is 0 Å². The molecule has 3 nitrogen and oxygen atoms in total. The molecule has 0 aromatic heterocycles. The van der Waals surface area contributed by atoms with Crippen LogP contribution in [-0.2, 0) is 0 Å². The number of rotatable bonds is 4. The maximum atomic E-state index is 14.0. The zero-order chi connectivity index (χ0) is 14.7. The molecule has 0 amide bonds. The molecule has 20 heavy (non-hydrogen) atoms. The fourth-order valence-electron chi connectivity index (χ4n) is 2.01. The van der Waals surface area contributed by atoms with Crippen molar-refractivity contribution in [3.05, 3.63) is 63.6 Å². The molecule has 0 fully saturated rings. The van der Waals surface area contributed by atoms with Gasteiger partial charge in [0.2, 0.25) is 0 Å². The van der Waals surface area contributed by atoms with Crippen LogP contribution in [-0.4, -0.2) is 7.11 Å². The Morgan fingerprint density at radius 2 is 1.90 bits per heavy atom. The van der Waals surface area contributed by atoms with Gasteiger partial charge >= 0.3 is 0 Å². The Bertz CT molecular complexity index is 622. The van der Waals surface area contributed by atoms with Crippen LogP contribution in [0.25, 0.3) is 0 Å². The number of hydrogen-bond donors (Lipinski definition) is 2. The van der Waals surface area contributed by atoms with E-state index in [4.69, 9.17) is 10.6 Å². The third kappa shape index (κ3) is 2.98. The van der Waals surface area contributed by atoms with Gasteiger partial charge in [-0.1, -0.05) is 15.9 Å². The molecule has 0 aliphatic rings. The lowest BCUT2D eigenvalue weighted by Gasteiger charge is -2.20. The molecule has 1 atom stereocenters. The minimum Gasteiger partial charge on any atom is -0.496 e. The van der Waals surface area contributed by atoms with Crippen molar-refractivity contribution in [1.29, 1.82) is 0 Å². The van der Waals surface area contributed by atoms with E-state index < -0.39 is 17.7 Å². The molecule has 2 aromatic carbocycles. The number of ether oxygens (including phenoxy) is 1. The van der Waals surface area contributed by atoms with Crippen molar-refractivity contribution in [3.63, 3.8) is 0 Å². The second-order valence-corrected chi connectivity index (χ2v) is 5.07. The van der Waals surface area contributed by atoms with Crippen LogP contribution in [0.4, 0.5) is 8.78 Å². The van der Waals surface area contributed by atoms with Gasteiger partial charge in [-0.05, 0) is 36.4 Å². The van der Waals surface area contributed by atoms with Crippen LogP contribution in [0.5, 0.6) is 5.75 Å². The highest BCUT2D eigenvalue weighted by Crippen LogP contribution is 2.32. The Hall–Kier alpha value is -1.50. The van der Waals surface area contributed by atoms with Gasteiger partial charge in [0.1, 0.15) is 17.4 Å². The molecule has 1 unspecified atom stereocenters. The Balaban J connectivity index is 2.57. The second kappa shape index (κ2) is 6.30. The van der Waals surface area contributed by atoms with E-state index in [1.807, 2.05) is 0 Å². The van der Waals surface area contributed by atoms with Crippen LogP contribution < -0.4 is 16.0 Å². The quantitative estimate of drug-likeness (QED) is 0.662. The molecule has 0 bridgehead atoms. The van der Waals surface area contributed by atoms with E-state index in [2.05, 4.69) is 21.4 Å². The van der Waals surface area contributed by atoms with E-state index in [1.165, 1.54) is 31.4 Å². The van der Waals surface area contributed by atoms with Gasteiger partial charge in [-0.25, -0.2) is 14.2 Å². The number of halogens is 3. The third-order valence-corrected chi connectivity index (χ3v) is 3.43. The first-order valence-corrected chi connectivity index (χ1v) is 6.60. The van der Waals surface area contributed by atoms with Crippen molar-refractivity contribution in [2.24, 2.45) is 5.84 Å². The van der Waals surface area contributed by atoms with Crippen LogP contribution in [0.2, 0.25) is 0 Å². The summed E-state index contributed by atoms with van der Waals surface area (Å²) in [7, 11) is 1.46. The molecule has 0 radical (unpaired) electrons. The first-order valence-electron chi connectivity index (χ1n) is 5.81. The van der Waals surface area contributed by atoms with E-state index >= 15 is 0 Å². The van der Waals surface area contributed by atoms with Gasteiger partial charge < -0.3 is 4.74 Å². The first kappa shape index (κ1) is 14.9. The van der Waals surface area contributed by atoms with E-state index in [1.54, 1.807) is 12.1 Å². The lowest BCUT2D eigenvalue weighted by molar-refractivity contribution is 0.401. The lowest BCUT2D eigenvalue weighted by Crippen LogP contribution is -2.30. The molecule has 6 heteroatoms. The molecule has 0 heterocycles. The molecular formula is C14H13BrF2N2O. The predicted octanol–water partition coefficient (Wildman–Crippen LogP) is 3.29. The molecule has 106 valence electrons. The van der Waals surface area contributed by atoms with Gasteiger partial charge in [0.05, 0.1) is 13.2 Å². The van der Waals surface area contributed by atoms with Crippen LogP contribution in [0, 0.1) is 11.6 Å². The minimum absolute atomic E-state index is 0.297. The van der Waals surface area contributed by atoms with Crippen LogP contribution in [0.15, 0.2) is 40.9 Å². The summed E-state index contributed by atoms with van der Waals surface area (Å²) in [5.74, 6) is 5.05. The monoisotopic (exact) mass is 342 g/mol. The summed E-state index contributed by atoms with van der Waals surface area (Å²) >= 11 is 3.28. The average molecular weight is 343 g/mol. The van der Waals surface area contributed by atoms with E-state index in [0.717, 1.165) is 0 Å². The van der Waals surface area contributed by atoms with Crippen molar-refractivity contribution >= 4 is 15.9 Å². The fraction of sp³-hybridized carbons (Fsp3) is 0.143. The molecule has 0 saturated heterocycles. The Labute approximate surface area is 123 Å². The molecule has 3 N–H and O–H groups in total. The summed E-state index contributed by atoms with van der Waals surface area (Å²) in [6, 6.07) is 7.77. The summed E-state index contributed by atoms with van der Waals surface area (Å²) < 4.78 is 33.3. The van der Waals surface area contributed by atoms with E-state index in [-0.39, 0.29) is 0 Å². The van der Waals surface area contributed by atoms with E-state index in [0.29, 0.717) is 21.3 Å². The number of nitrogens with two attached hydrogens (primary N) is 1. The number of hydrazine groups is 1. The third-order valence-electron chi connectivity index (χ3n) is 2.94. The van der Waals surface area contributed by atoms with Crippen LogP contribution in [0.3, 0.4) is 0 Å². The van der Waals surface area contributed by atoms with Crippen LogP contribution >= 0.6 is 15.9 Å². The van der Waals surface area contributed by atoms with Gasteiger partial charge in [0, 0.05) is 15.6 Å². The second-order valence-electron chi connectivity index (χ2n) is 4.15. The molecule has 0 spiro atoms. The number of hydrogen-bond acceptors (Lipinski definition) is 3. The summed E-state index contributed by atoms with van der Waals surface area (Å²) in [6.45, 7) is 0. The summed E-state index contributed by atoms with van der Waals surface area (Å²) in [6.07, 6.45) is 0. The SMILES string of the molecule is COc1ccc(F)cc1C(NN)c1cc(Br)ccc1F. The first-order chi connectivity index (χ1) is 9.56. The van der Waals surface area contributed by atoms with Crippen molar-refractivity contribution in [2.75, 3.05) is 7.11 Å². The van der Waals surface area contributed by atoms with Crippen molar-refractivity contribution in [2.45, 2.75) is 6.04 Å². The zero-order valence-corrected chi connectivity index (χ0v) is 12.2. The van der Waals surface area contributed by atoms with Crippen molar-refractivity contribution in [3.8, 4) is 5.75 Å². The highest BCUT2D eigenvalue weighted by atomic mass is 79.9. The maximum Gasteiger partial charge on any atom is 0.128 e. The molecule has 0 aliphatic heterocycles. The van der Waals surface area contributed by atoms with Crippen molar-refractivity contribution < 1.29 is 13.5 Å². The van der Waals surface area contributed by atoms with Gasteiger partial charge in [-0.3, -0.25) is 5.84 Å². The van der Waals surface area contributed by atoms with E-state index in [9.17, 15) is 8.78 Å². The molecule has 0 saturated carbocycles. The van der Waals surface area contributed by atoms with Gasteiger partial charge in [-0.2, -0.15) is 0 Å². The standard InChI is InChI=1S/C14H13BrF2N2O/c1-20-13-5-3-9(16)7-11(13)14(19-18)10-6-8(15)2-4-12(10)17/h2-7,14,19H,18H2,1H3. The summed E-state index contributed by atoms with van der Waals surface area (Å²) in [5.41, 5.74) is 3.22. The highest BCUT2D eigenvalue weighted by molar-refractivity contribution is 9.10. The minimum atomic E-state index is -0.724. The highest BCUT2D eigenvalue weighted by Gasteiger charge is 2.21. The molecular weight excluding hydrogens is 330 g/mol. The average Bonchev–Trinajstić information content (AvgIpc) is 2.44. The molecule has 0 aliphatic carbocycles. The lowest BCUT2D eigenvalue weighted by atomic mass is 9.98. The summed E-state index contributed by atoms with van der Waals surface area (Å²) in [4.78, 5) is 0. The summed E-state index contributed by atoms with van der Waals surface area (Å²) in [5, 5.41) is 0. The zero-order valence-electron chi connectivity index (χ0n) is 10.7. The fourth-order valence-corrected chi connectivity index (χ4v) is 2.39. The Morgan fingerprint density at radius 3 is 2.55 bits per heavy atom. The van der Waals surface area contributed by atoms with Crippen molar-refractivity contribution in [1.82, 2.24) is 5.43 Å². The number of nitrogens with one attached hydrogen (secondary N) is 1. The number of methoxy groups -OCH3 is 1. The normalized spacial score (nSPS) is 12.2. The Kier molecular flexibility index (Phi) is 4.69. The molecule has 2 rings (SSSR count). The Morgan fingerprint density at radius 1 is 1.15 bits per heavy atom. The largest absolute Gasteiger partial charge is 0.496 e. The number of benzene rings is 2. The smallest absolute Gasteiger partial charge is 0.128 e. The van der Waals surface area contributed by atoms with Gasteiger partial charge in [-0.15, -0.1) is 0 Å².